The first-order chi connectivity index (χ1) is 10.3. The Morgan fingerprint density at radius 1 is 1.27 bits per heavy atom. The lowest BCUT2D eigenvalue weighted by Gasteiger charge is -2.37. The smallest absolute Gasteiger partial charge is 0.148 e. The van der Waals surface area contributed by atoms with Crippen molar-refractivity contribution in [3.63, 3.8) is 0 Å². The number of aromatic nitrogens is 2. The van der Waals surface area contributed by atoms with Gasteiger partial charge in [0.1, 0.15) is 17.2 Å². The second-order valence-corrected chi connectivity index (χ2v) is 7.71. The van der Waals surface area contributed by atoms with Crippen LogP contribution in [0.25, 0.3) is 0 Å². The first kappa shape index (κ1) is 17.0. The Hall–Kier alpha value is -1.34. The number of hydrogen-bond donors (Lipinski definition) is 1. The van der Waals surface area contributed by atoms with E-state index in [4.69, 9.17) is 16.9 Å². The topological polar surface area (TPSA) is 61.6 Å². The molecule has 1 aliphatic carbocycles. The molecule has 4 nitrogen and oxygen atoms in total. The molecule has 1 aliphatic rings. The highest BCUT2D eigenvalue weighted by atomic mass is 35.5. The zero-order valence-corrected chi connectivity index (χ0v) is 14.6. The van der Waals surface area contributed by atoms with E-state index in [0.717, 1.165) is 18.8 Å². The molecule has 0 saturated heterocycles. The van der Waals surface area contributed by atoms with Crippen molar-refractivity contribution in [2.75, 3.05) is 5.32 Å². The molecule has 0 radical (unpaired) electrons. The number of anilines is 1. The highest BCUT2D eigenvalue weighted by Gasteiger charge is 2.30. The van der Waals surface area contributed by atoms with Crippen molar-refractivity contribution in [3.8, 4) is 6.07 Å². The maximum Gasteiger partial charge on any atom is 0.148 e. The van der Waals surface area contributed by atoms with Crippen molar-refractivity contribution < 1.29 is 0 Å². The summed E-state index contributed by atoms with van der Waals surface area (Å²) >= 11 is 6.36. The Morgan fingerprint density at radius 3 is 2.45 bits per heavy atom. The summed E-state index contributed by atoms with van der Waals surface area (Å²) in [6.07, 6.45) is 6.20. The van der Waals surface area contributed by atoms with E-state index in [2.05, 4.69) is 42.1 Å². The summed E-state index contributed by atoms with van der Waals surface area (Å²) in [5, 5.41) is 13.0. The number of hydrogen-bond acceptors (Lipinski definition) is 4. The van der Waals surface area contributed by atoms with E-state index >= 15 is 0 Å². The van der Waals surface area contributed by atoms with Crippen molar-refractivity contribution in [2.45, 2.75) is 65.3 Å². The Kier molecular flexibility index (Phi) is 5.28. The third-order valence-corrected chi connectivity index (χ3v) is 5.09. The summed E-state index contributed by atoms with van der Waals surface area (Å²) < 4.78 is 0. The van der Waals surface area contributed by atoms with E-state index in [-0.39, 0.29) is 5.92 Å². The Balaban J connectivity index is 2.03. The van der Waals surface area contributed by atoms with Crippen molar-refractivity contribution in [3.05, 3.63) is 17.0 Å². The number of halogens is 1. The summed E-state index contributed by atoms with van der Waals surface area (Å²) in [5.41, 5.74) is 0.984. The third-order valence-electron chi connectivity index (χ3n) is 4.71. The third kappa shape index (κ3) is 3.89. The molecule has 1 N–H and O–H groups in total. The molecule has 0 bridgehead atoms. The number of nitrogens with one attached hydrogen (secondary N) is 1. The fourth-order valence-corrected chi connectivity index (χ4v) is 3.46. The lowest BCUT2D eigenvalue weighted by molar-refractivity contribution is 0.173. The van der Waals surface area contributed by atoms with Crippen LogP contribution in [0.5, 0.6) is 0 Å². The van der Waals surface area contributed by atoms with Gasteiger partial charge >= 0.3 is 0 Å². The van der Waals surface area contributed by atoms with Gasteiger partial charge in [-0.1, -0.05) is 32.4 Å². The maximum atomic E-state index is 9.04. The summed E-state index contributed by atoms with van der Waals surface area (Å²) in [5.74, 6) is 1.11. The standard InChI is InChI=1S/C17H25ClN4/c1-11(9-19)15-14(18)16(21-10-20-15)22-13-7-5-12(6-8-13)17(2,3)4/h10-13H,5-8H2,1-4H3,(H,20,21,22)/t11?,12-,13+. The molecule has 0 amide bonds. The molecule has 120 valence electrons. The van der Waals surface area contributed by atoms with Crippen molar-refractivity contribution in [1.29, 1.82) is 5.26 Å². The molecule has 0 aliphatic heterocycles. The summed E-state index contributed by atoms with van der Waals surface area (Å²) in [7, 11) is 0. The molecule has 1 atom stereocenters. The normalized spacial score (nSPS) is 23.6. The second kappa shape index (κ2) is 6.83. The van der Waals surface area contributed by atoms with Gasteiger partial charge in [0.25, 0.3) is 0 Å². The van der Waals surface area contributed by atoms with Crippen LogP contribution in [0.2, 0.25) is 5.02 Å². The number of rotatable bonds is 3. The summed E-state index contributed by atoms with van der Waals surface area (Å²) in [4.78, 5) is 8.40. The van der Waals surface area contributed by atoms with Gasteiger partial charge in [-0.15, -0.1) is 0 Å². The van der Waals surface area contributed by atoms with Crippen molar-refractivity contribution >= 4 is 17.4 Å². The Labute approximate surface area is 138 Å². The summed E-state index contributed by atoms with van der Waals surface area (Å²) in [6, 6.07) is 2.57. The molecule has 1 aromatic rings. The Bertz CT molecular complexity index is 551. The molecule has 1 heterocycles. The highest BCUT2D eigenvalue weighted by Crippen LogP contribution is 2.39. The predicted octanol–water partition coefficient (Wildman–Crippen LogP) is 4.77. The van der Waals surface area contributed by atoms with Crippen LogP contribution >= 0.6 is 11.6 Å². The van der Waals surface area contributed by atoms with Gasteiger partial charge in [-0.05, 0) is 43.9 Å². The first-order valence-corrected chi connectivity index (χ1v) is 8.37. The fraction of sp³-hybridized carbons (Fsp3) is 0.706. The average Bonchev–Trinajstić information content (AvgIpc) is 2.48. The molecule has 5 heteroatoms. The van der Waals surface area contributed by atoms with Crippen LogP contribution < -0.4 is 5.32 Å². The van der Waals surface area contributed by atoms with Gasteiger partial charge in [-0.25, -0.2) is 9.97 Å². The van der Waals surface area contributed by atoms with E-state index < -0.39 is 0 Å². The van der Waals surface area contributed by atoms with Crippen LogP contribution in [0.3, 0.4) is 0 Å². The van der Waals surface area contributed by atoms with E-state index in [0.29, 0.717) is 28.0 Å². The van der Waals surface area contributed by atoms with Gasteiger partial charge in [0, 0.05) is 6.04 Å². The van der Waals surface area contributed by atoms with Crippen molar-refractivity contribution in [1.82, 2.24) is 9.97 Å². The molecule has 2 rings (SSSR count). The van der Waals surface area contributed by atoms with Crippen molar-refractivity contribution in [2.24, 2.45) is 11.3 Å². The molecular formula is C17H25ClN4. The maximum absolute atomic E-state index is 9.04. The second-order valence-electron chi connectivity index (χ2n) is 7.33. The fourth-order valence-electron chi connectivity index (χ4n) is 3.14. The molecule has 0 aromatic carbocycles. The quantitative estimate of drug-likeness (QED) is 0.871. The molecule has 1 aromatic heterocycles. The average molecular weight is 321 g/mol. The van der Waals surface area contributed by atoms with Gasteiger partial charge in [0.15, 0.2) is 0 Å². The van der Waals surface area contributed by atoms with E-state index in [9.17, 15) is 0 Å². The molecular weight excluding hydrogens is 296 g/mol. The zero-order chi connectivity index (χ0) is 16.3. The van der Waals surface area contributed by atoms with Crippen LogP contribution in [0.1, 0.15) is 65.0 Å². The lowest BCUT2D eigenvalue weighted by Crippen LogP contribution is -2.32. The minimum absolute atomic E-state index is 0.326. The van der Waals surface area contributed by atoms with Crippen LogP contribution in [0.4, 0.5) is 5.82 Å². The van der Waals surface area contributed by atoms with E-state index in [1.807, 2.05) is 0 Å². The van der Waals surface area contributed by atoms with Gasteiger partial charge in [-0.2, -0.15) is 5.26 Å². The van der Waals surface area contributed by atoms with Crippen LogP contribution in [0.15, 0.2) is 6.33 Å². The highest BCUT2D eigenvalue weighted by molar-refractivity contribution is 6.33. The van der Waals surface area contributed by atoms with Gasteiger partial charge in [0.05, 0.1) is 17.7 Å². The first-order valence-electron chi connectivity index (χ1n) is 7.99. The van der Waals surface area contributed by atoms with Crippen LogP contribution in [-0.2, 0) is 0 Å². The number of nitriles is 1. The predicted molar refractivity (Wildman–Crippen MR) is 89.9 cm³/mol. The monoisotopic (exact) mass is 320 g/mol. The van der Waals surface area contributed by atoms with Gasteiger partial charge < -0.3 is 5.32 Å². The van der Waals surface area contributed by atoms with E-state index in [1.54, 1.807) is 6.92 Å². The molecule has 1 saturated carbocycles. The largest absolute Gasteiger partial charge is 0.366 e. The lowest BCUT2D eigenvalue weighted by atomic mass is 9.71. The molecule has 0 spiro atoms. The van der Waals surface area contributed by atoms with E-state index in [1.165, 1.54) is 19.2 Å². The van der Waals surface area contributed by atoms with Crippen LogP contribution in [0, 0.1) is 22.7 Å². The SMILES string of the molecule is CC(C#N)c1ncnc(N[C@H]2CC[C@@H](C(C)(C)C)CC2)c1Cl. The van der Waals surface area contributed by atoms with Crippen LogP contribution in [-0.4, -0.2) is 16.0 Å². The van der Waals surface area contributed by atoms with Gasteiger partial charge in [0.2, 0.25) is 0 Å². The minimum Gasteiger partial charge on any atom is -0.366 e. The Morgan fingerprint density at radius 2 is 1.91 bits per heavy atom. The molecule has 1 fully saturated rings. The number of nitrogens with zero attached hydrogens (tertiary/aromatic N) is 3. The van der Waals surface area contributed by atoms with Gasteiger partial charge in [-0.3, -0.25) is 0 Å². The molecule has 22 heavy (non-hydrogen) atoms. The molecule has 1 unspecified atom stereocenters. The summed E-state index contributed by atoms with van der Waals surface area (Å²) in [6.45, 7) is 8.76. The minimum atomic E-state index is -0.326. The zero-order valence-electron chi connectivity index (χ0n) is 13.9.